The summed E-state index contributed by atoms with van der Waals surface area (Å²) in [5, 5.41) is 0. The summed E-state index contributed by atoms with van der Waals surface area (Å²) in [6, 6.07) is 0. The molecule has 0 spiro atoms. The molecule has 1 nitrogen and oxygen atoms in total. The van der Waals surface area contributed by atoms with Gasteiger partial charge in [-0.25, -0.2) is 0 Å². The maximum absolute atomic E-state index is 10.6. The van der Waals surface area contributed by atoms with E-state index < -0.39 is 0 Å². The summed E-state index contributed by atoms with van der Waals surface area (Å²) in [4.78, 5) is 11.5. The molecule has 0 saturated heterocycles. The van der Waals surface area contributed by atoms with Crippen molar-refractivity contribution in [3.8, 4) is 0 Å². The molecule has 0 N–H and O–H groups in total. The number of aldehydes is 1. The molecule has 13 heavy (non-hydrogen) atoms. The number of rotatable bonds is 8. The van der Waals surface area contributed by atoms with Crippen LogP contribution in [0.5, 0.6) is 0 Å². The Morgan fingerprint density at radius 1 is 1.23 bits per heavy atom. The zero-order chi connectivity index (χ0) is 9.94. The van der Waals surface area contributed by atoms with Crippen LogP contribution in [0.3, 0.4) is 0 Å². The summed E-state index contributed by atoms with van der Waals surface area (Å²) in [6.45, 7) is 4.30. The Kier molecular flexibility index (Phi) is 10.3. The molecule has 0 saturated carbocycles. The van der Waals surface area contributed by atoms with Crippen LogP contribution in [-0.2, 0) is 4.79 Å². The van der Waals surface area contributed by atoms with Crippen molar-refractivity contribution in [2.24, 2.45) is 0 Å². The van der Waals surface area contributed by atoms with Crippen molar-refractivity contribution in [3.05, 3.63) is 11.0 Å². The van der Waals surface area contributed by atoms with E-state index in [2.05, 4.69) is 13.8 Å². The molecule has 0 fully saturated rings. The molecule has 0 aromatic heterocycles. The third kappa shape index (κ3) is 8.44. The van der Waals surface area contributed by atoms with Crippen LogP contribution in [0.1, 0.15) is 26.7 Å². The Morgan fingerprint density at radius 2 is 1.92 bits per heavy atom. The van der Waals surface area contributed by atoms with Gasteiger partial charge in [0.05, 0.1) is 0 Å². The third-order valence-electron chi connectivity index (χ3n) is 1.34. The molecule has 76 valence electrons. The highest BCUT2D eigenvalue weighted by Gasteiger charge is 1.94. The predicted molar refractivity (Wildman–Crippen MR) is 64.5 cm³/mol. The molecule has 0 aromatic rings. The number of hydrogen-bond donors (Lipinski definition) is 0. The van der Waals surface area contributed by atoms with Crippen molar-refractivity contribution >= 4 is 29.8 Å². The fourth-order valence-corrected chi connectivity index (χ4v) is 2.30. The normalized spacial score (nSPS) is 11.7. The van der Waals surface area contributed by atoms with E-state index in [0.717, 1.165) is 29.1 Å². The molecule has 0 rings (SSSR count). The molecule has 0 unspecified atom stereocenters. The lowest BCUT2D eigenvalue weighted by Crippen LogP contribution is -1.84. The Bertz CT molecular complexity index is 155. The van der Waals surface area contributed by atoms with Gasteiger partial charge in [0.2, 0.25) is 0 Å². The highest BCUT2D eigenvalue weighted by Crippen LogP contribution is 2.15. The van der Waals surface area contributed by atoms with Crippen molar-refractivity contribution < 1.29 is 4.79 Å². The fourth-order valence-electron chi connectivity index (χ4n) is 0.730. The summed E-state index contributed by atoms with van der Waals surface area (Å²) < 4.78 is 0. The van der Waals surface area contributed by atoms with Gasteiger partial charge in [-0.3, -0.25) is 4.79 Å². The Hall–Kier alpha value is 0.110. The summed E-state index contributed by atoms with van der Waals surface area (Å²) in [5.74, 6) is 3.20. The largest absolute Gasteiger partial charge is 0.297 e. The first kappa shape index (κ1) is 13.1. The van der Waals surface area contributed by atoms with Gasteiger partial charge in [0.1, 0.15) is 0 Å². The van der Waals surface area contributed by atoms with E-state index in [1.807, 2.05) is 17.8 Å². The molecule has 0 heterocycles. The highest BCUT2D eigenvalue weighted by atomic mass is 32.2. The standard InChI is InChI=1S/C10H18OS2/c1-3-6-12-8-5-10(9-11)13-7-4-2/h5,9H,3-4,6-8H2,1-2H3/b10-5-. The minimum atomic E-state index is 0.894. The van der Waals surface area contributed by atoms with Gasteiger partial charge in [0.15, 0.2) is 6.29 Å². The van der Waals surface area contributed by atoms with Crippen molar-refractivity contribution in [2.75, 3.05) is 17.3 Å². The molecule has 0 aliphatic rings. The van der Waals surface area contributed by atoms with Gasteiger partial charge < -0.3 is 0 Å². The van der Waals surface area contributed by atoms with Crippen LogP contribution in [0.4, 0.5) is 0 Å². The first-order valence-corrected chi connectivity index (χ1v) is 6.85. The Morgan fingerprint density at radius 3 is 2.46 bits per heavy atom. The van der Waals surface area contributed by atoms with Gasteiger partial charge in [-0.2, -0.15) is 11.8 Å². The average molecular weight is 218 g/mol. The second kappa shape index (κ2) is 10.2. The Balaban J connectivity index is 3.58. The van der Waals surface area contributed by atoms with Crippen molar-refractivity contribution in [2.45, 2.75) is 26.7 Å². The van der Waals surface area contributed by atoms with Gasteiger partial charge >= 0.3 is 0 Å². The lowest BCUT2D eigenvalue weighted by Gasteiger charge is -1.98. The second-order valence-electron chi connectivity index (χ2n) is 2.65. The maximum atomic E-state index is 10.6. The van der Waals surface area contributed by atoms with Crippen LogP contribution in [0.2, 0.25) is 0 Å². The molecular formula is C10H18OS2. The Labute approximate surface area is 89.7 Å². The number of allylic oxidation sites excluding steroid dienone is 1. The van der Waals surface area contributed by atoms with Crippen LogP contribution >= 0.6 is 23.5 Å². The maximum Gasteiger partial charge on any atom is 0.156 e. The summed E-state index contributed by atoms with van der Waals surface area (Å²) in [6.07, 6.45) is 5.33. The number of hydrogen-bond acceptors (Lipinski definition) is 3. The van der Waals surface area contributed by atoms with Crippen LogP contribution in [0.25, 0.3) is 0 Å². The molecule has 0 atom stereocenters. The molecule has 0 radical (unpaired) electrons. The van der Waals surface area contributed by atoms with Crippen molar-refractivity contribution in [1.29, 1.82) is 0 Å². The van der Waals surface area contributed by atoms with E-state index in [0.29, 0.717) is 0 Å². The SMILES string of the molecule is CCCSC/C=C(/C=O)SCCC. The van der Waals surface area contributed by atoms with E-state index >= 15 is 0 Å². The van der Waals surface area contributed by atoms with Crippen molar-refractivity contribution in [1.82, 2.24) is 0 Å². The zero-order valence-electron chi connectivity index (χ0n) is 8.41. The van der Waals surface area contributed by atoms with E-state index in [4.69, 9.17) is 0 Å². The average Bonchev–Trinajstić information content (AvgIpc) is 2.17. The number of carbonyl (C=O) groups is 1. The van der Waals surface area contributed by atoms with Crippen LogP contribution in [0.15, 0.2) is 11.0 Å². The van der Waals surface area contributed by atoms with Crippen LogP contribution in [0, 0.1) is 0 Å². The molecule has 0 aliphatic carbocycles. The minimum absolute atomic E-state index is 0.894. The molecular weight excluding hydrogens is 200 g/mol. The number of carbonyl (C=O) groups excluding carboxylic acids is 1. The van der Waals surface area contributed by atoms with Gasteiger partial charge in [-0.05, 0) is 24.3 Å². The van der Waals surface area contributed by atoms with Gasteiger partial charge in [-0.1, -0.05) is 19.9 Å². The monoisotopic (exact) mass is 218 g/mol. The van der Waals surface area contributed by atoms with Crippen molar-refractivity contribution in [3.63, 3.8) is 0 Å². The van der Waals surface area contributed by atoms with E-state index in [1.165, 1.54) is 12.2 Å². The predicted octanol–water partition coefficient (Wildman–Crippen LogP) is 3.36. The molecule has 0 aromatic carbocycles. The summed E-state index contributed by atoms with van der Waals surface area (Å²) >= 11 is 3.54. The first-order chi connectivity index (χ1) is 6.35. The summed E-state index contributed by atoms with van der Waals surface area (Å²) in [7, 11) is 0. The smallest absolute Gasteiger partial charge is 0.156 e. The third-order valence-corrected chi connectivity index (χ3v) is 3.65. The van der Waals surface area contributed by atoms with Gasteiger partial charge in [0.25, 0.3) is 0 Å². The quantitative estimate of drug-likeness (QED) is 0.353. The number of thioether (sulfide) groups is 2. The molecule has 0 amide bonds. The van der Waals surface area contributed by atoms with Crippen LogP contribution in [-0.4, -0.2) is 23.5 Å². The molecule has 0 aliphatic heterocycles. The summed E-state index contributed by atoms with van der Waals surface area (Å²) in [5.41, 5.74) is 0. The molecule has 0 bridgehead atoms. The van der Waals surface area contributed by atoms with Gasteiger partial charge in [0, 0.05) is 10.7 Å². The molecule has 3 heteroatoms. The second-order valence-corrected chi connectivity index (χ2v) is 4.97. The van der Waals surface area contributed by atoms with E-state index in [9.17, 15) is 4.79 Å². The van der Waals surface area contributed by atoms with E-state index in [-0.39, 0.29) is 0 Å². The first-order valence-electron chi connectivity index (χ1n) is 4.71. The van der Waals surface area contributed by atoms with E-state index in [1.54, 1.807) is 11.8 Å². The fraction of sp³-hybridized carbons (Fsp3) is 0.700. The minimum Gasteiger partial charge on any atom is -0.297 e. The van der Waals surface area contributed by atoms with Crippen LogP contribution < -0.4 is 0 Å². The zero-order valence-corrected chi connectivity index (χ0v) is 10.0. The highest BCUT2D eigenvalue weighted by molar-refractivity contribution is 8.04. The lowest BCUT2D eigenvalue weighted by atomic mass is 10.5. The lowest BCUT2D eigenvalue weighted by molar-refractivity contribution is -0.104. The van der Waals surface area contributed by atoms with Gasteiger partial charge in [-0.15, -0.1) is 11.8 Å². The topological polar surface area (TPSA) is 17.1 Å².